The number of amides is 2. The van der Waals surface area contributed by atoms with Crippen LogP contribution in [0.2, 0.25) is 0 Å². The molecule has 0 saturated carbocycles. The van der Waals surface area contributed by atoms with Crippen LogP contribution in [-0.4, -0.2) is 136 Å². The number of rotatable bonds is 17. The van der Waals surface area contributed by atoms with Crippen LogP contribution in [0.5, 0.6) is 0 Å². The molecule has 2 amide bonds. The number of fused-ring (bicyclic) bond motifs is 1. The summed E-state index contributed by atoms with van der Waals surface area (Å²) in [5.41, 5.74) is 10.0. The minimum atomic E-state index is -0.818. The van der Waals surface area contributed by atoms with Crippen molar-refractivity contribution in [3.63, 3.8) is 0 Å². The Hall–Kier alpha value is -7.21. The summed E-state index contributed by atoms with van der Waals surface area (Å²) in [4.78, 5) is 64.0. The average Bonchev–Trinajstić information content (AvgIpc) is 4.15. The van der Waals surface area contributed by atoms with Crippen LogP contribution >= 0.6 is 11.8 Å². The second kappa shape index (κ2) is 23.4. The molecule has 1 unspecified atom stereocenters. The van der Waals surface area contributed by atoms with Gasteiger partial charge in [-0.3, -0.25) is 23.9 Å². The van der Waals surface area contributed by atoms with Crippen LogP contribution in [0.25, 0.3) is 22.4 Å². The molecule has 6 aromatic rings. The summed E-state index contributed by atoms with van der Waals surface area (Å²) in [6.07, 6.45) is 4.64. The van der Waals surface area contributed by atoms with Crippen LogP contribution in [-0.2, 0) is 20.9 Å². The zero-order chi connectivity index (χ0) is 49.0. The molecule has 2 aliphatic heterocycles. The van der Waals surface area contributed by atoms with Crippen molar-refractivity contribution in [1.82, 2.24) is 65.0 Å². The number of aromatic amines is 1. The van der Waals surface area contributed by atoms with E-state index in [2.05, 4.69) is 82.0 Å². The summed E-state index contributed by atoms with van der Waals surface area (Å²) in [6, 6.07) is 14.6. The third-order valence-corrected chi connectivity index (χ3v) is 12.9. The highest BCUT2D eigenvalue weighted by Crippen LogP contribution is 2.37. The Bertz CT molecular complexity index is 3030. The first kappa shape index (κ1) is 49.2. The maximum atomic E-state index is 12.9. The first-order chi connectivity index (χ1) is 34.1. The number of aromatic nitrogens is 10. The summed E-state index contributed by atoms with van der Waals surface area (Å²) in [5.74, 6) is 12.8. The van der Waals surface area contributed by atoms with Crippen molar-refractivity contribution in [2.24, 2.45) is 11.7 Å². The van der Waals surface area contributed by atoms with Gasteiger partial charge in [-0.15, -0.1) is 10.2 Å². The Morgan fingerprint density at radius 3 is 2.50 bits per heavy atom. The molecule has 6 heterocycles. The first-order valence-corrected chi connectivity index (χ1v) is 24.2. The standard InChI is InChI=1S/C48H55N15O6S/c1-3-25-70-47-53-42(51-20-18-49)41-43(54-47)63(59-57-41)28-34-8-6-32(7-9-34)5-4-19-52-45(67)36-16-22-60(23-17-36)24-21-50-40(65)15-12-33-10-13-35(14-11-33)38-29-62(58-56-38)39-26-37(30-64)69-46(39)61-27-31(2)44(66)55-48(61)68/h6-11,13-14,27,29,36-37,39,46,64H,3,16-26,28,30,49H2,1-2H3,(H,50,65)(H,52,67)(H,51,53,54)(H,55,66,68)/t37-,39?,46+/m0/s1. The first-order valence-electron chi connectivity index (χ1n) is 23.2. The zero-order valence-electron chi connectivity index (χ0n) is 38.9. The Balaban J connectivity index is 0.737. The number of aliphatic hydroxyl groups excluding tert-OH is 1. The monoisotopic (exact) mass is 969 g/mol. The third kappa shape index (κ3) is 12.3. The van der Waals surface area contributed by atoms with Gasteiger partial charge in [0, 0.05) is 78.6 Å². The number of benzene rings is 2. The van der Waals surface area contributed by atoms with Crippen molar-refractivity contribution in [1.29, 1.82) is 0 Å². The number of likely N-dealkylation sites (tertiary alicyclic amines) is 1. The molecule has 4 aromatic heterocycles. The summed E-state index contributed by atoms with van der Waals surface area (Å²) < 4.78 is 10.6. The van der Waals surface area contributed by atoms with Gasteiger partial charge in [-0.25, -0.2) is 24.1 Å². The predicted octanol–water partition coefficient (Wildman–Crippen LogP) is 1.43. The highest BCUT2D eigenvalue weighted by Gasteiger charge is 2.39. The molecular formula is C48H55N15O6S. The van der Waals surface area contributed by atoms with Crippen LogP contribution < -0.4 is 32.9 Å². The SMILES string of the molecule is CCCSc1nc(NCCN)c2nnn(Cc3ccc(C#CCNC(=O)C4CCN(CCNC(=O)C#Cc5ccc(-c6cn(C7C[C@@H](CO)O[C@H]7n7cc(C)c(=O)[nH]c7=O)nn6)cc5)CC4)cc3)c2n1. The van der Waals surface area contributed by atoms with Gasteiger partial charge >= 0.3 is 5.69 Å². The molecule has 0 radical (unpaired) electrons. The summed E-state index contributed by atoms with van der Waals surface area (Å²) in [5, 5.41) is 36.9. The molecule has 22 heteroatoms. The van der Waals surface area contributed by atoms with Gasteiger partial charge in [0.2, 0.25) is 5.91 Å². The molecule has 2 saturated heterocycles. The lowest BCUT2D eigenvalue weighted by atomic mass is 9.96. The molecule has 2 fully saturated rings. The number of piperidine rings is 1. The van der Waals surface area contributed by atoms with E-state index < -0.39 is 29.6 Å². The maximum absolute atomic E-state index is 12.9. The van der Waals surface area contributed by atoms with E-state index in [4.69, 9.17) is 15.5 Å². The van der Waals surface area contributed by atoms with Crippen molar-refractivity contribution in [2.45, 2.75) is 69.6 Å². The van der Waals surface area contributed by atoms with E-state index in [0.717, 1.165) is 54.8 Å². The molecule has 0 bridgehead atoms. The number of carbonyl (C=O) groups is 2. The molecule has 3 atom stereocenters. The number of H-pyrrole nitrogens is 1. The minimum Gasteiger partial charge on any atom is -0.394 e. The second-order valence-electron chi connectivity index (χ2n) is 17.0. The number of hydrogen-bond acceptors (Lipinski definition) is 16. The summed E-state index contributed by atoms with van der Waals surface area (Å²) in [7, 11) is 0. The topological polar surface area (TPSA) is 271 Å². The van der Waals surface area contributed by atoms with Crippen LogP contribution in [0.15, 0.2) is 75.7 Å². The lowest BCUT2D eigenvalue weighted by molar-refractivity contribution is -0.126. The Morgan fingerprint density at radius 1 is 0.971 bits per heavy atom. The van der Waals surface area contributed by atoms with Crippen molar-refractivity contribution in [3.05, 3.63) is 104 Å². The highest BCUT2D eigenvalue weighted by molar-refractivity contribution is 7.99. The van der Waals surface area contributed by atoms with E-state index in [1.165, 1.54) is 10.8 Å². The van der Waals surface area contributed by atoms with Crippen molar-refractivity contribution >= 4 is 40.6 Å². The van der Waals surface area contributed by atoms with Gasteiger partial charge in [0.05, 0.1) is 32.0 Å². The number of nitrogens with zero attached hydrogens (tertiary/aromatic N) is 10. The molecule has 2 aromatic carbocycles. The fourth-order valence-electron chi connectivity index (χ4n) is 8.13. The zero-order valence-corrected chi connectivity index (χ0v) is 39.7. The van der Waals surface area contributed by atoms with Crippen LogP contribution in [0.3, 0.4) is 0 Å². The number of thioether (sulfide) groups is 1. The highest BCUT2D eigenvalue weighted by atomic mass is 32.2. The Labute approximate surface area is 407 Å². The number of nitrogens with two attached hydrogens (primary N) is 1. The van der Waals surface area contributed by atoms with Crippen molar-refractivity contribution < 1.29 is 19.4 Å². The number of carbonyl (C=O) groups excluding carboxylic acids is 2. The molecule has 7 N–H and O–H groups in total. The van der Waals surface area contributed by atoms with Crippen LogP contribution in [0, 0.1) is 36.5 Å². The van der Waals surface area contributed by atoms with E-state index >= 15 is 0 Å². The number of aliphatic hydroxyl groups is 1. The average molecular weight is 970 g/mol. The van der Waals surface area contributed by atoms with Gasteiger partial charge in [0.15, 0.2) is 28.4 Å². The minimum absolute atomic E-state index is 0.00341. The van der Waals surface area contributed by atoms with E-state index in [1.807, 2.05) is 36.4 Å². The van der Waals surface area contributed by atoms with Gasteiger partial charge < -0.3 is 36.4 Å². The molecule has 70 heavy (non-hydrogen) atoms. The Kier molecular flexibility index (Phi) is 16.5. The smallest absolute Gasteiger partial charge is 0.330 e. The molecule has 2 aliphatic rings. The largest absolute Gasteiger partial charge is 0.394 e. The molecule has 21 nitrogen and oxygen atoms in total. The lowest BCUT2D eigenvalue weighted by Crippen LogP contribution is -2.43. The molecule has 0 spiro atoms. The van der Waals surface area contributed by atoms with Gasteiger partial charge in [-0.05, 0) is 69.1 Å². The molecule has 8 rings (SSSR count). The molecule has 364 valence electrons. The number of anilines is 1. The van der Waals surface area contributed by atoms with Gasteiger partial charge in [0.25, 0.3) is 11.5 Å². The Morgan fingerprint density at radius 2 is 1.74 bits per heavy atom. The van der Waals surface area contributed by atoms with Gasteiger partial charge in [-0.1, -0.05) is 71.1 Å². The predicted molar refractivity (Wildman–Crippen MR) is 262 cm³/mol. The lowest BCUT2D eigenvalue weighted by Gasteiger charge is -2.31. The van der Waals surface area contributed by atoms with E-state index in [1.54, 1.807) is 46.4 Å². The summed E-state index contributed by atoms with van der Waals surface area (Å²) >= 11 is 1.59. The fourth-order valence-corrected chi connectivity index (χ4v) is 8.82. The second-order valence-corrected chi connectivity index (χ2v) is 18.0. The third-order valence-electron chi connectivity index (χ3n) is 11.9. The van der Waals surface area contributed by atoms with E-state index in [0.29, 0.717) is 78.1 Å². The van der Waals surface area contributed by atoms with Crippen LogP contribution in [0.4, 0.5) is 5.82 Å². The normalized spacial score (nSPS) is 17.1. The molecular weight excluding hydrogens is 915 g/mol. The van der Waals surface area contributed by atoms with Crippen molar-refractivity contribution in [2.75, 3.05) is 63.5 Å². The van der Waals surface area contributed by atoms with Crippen LogP contribution in [0.1, 0.15) is 67.1 Å². The number of hydrogen-bond donors (Lipinski definition) is 6. The number of aryl methyl sites for hydroxylation is 1. The molecule has 0 aliphatic carbocycles. The fraction of sp³-hybridized carbons (Fsp3) is 0.417. The van der Waals surface area contributed by atoms with E-state index in [-0.39, 0.29) is 30.9 Å². The van der Waals surface area contributed by atoms with E-state index in [9.17, 15) is 24.3 Å². The summed E-state index contributed by atoms with van der Waals surface area (Å²) in [6.45, 7) is 7.79. The maximum Gasteiger partial charge on any atom is 0.330 e. The van der Waals surface area contributed by atoms with Gasteiger partial charge in [-0.2, -0.15) is 0 Å². The van der Waals surface area contributed by atoms with Crippen molar-refractivity contribution in [3.8, 4) is 34.9 Å². The quantitative estimate of drug-likeness (QED) is 0.0429. The van der Waals surface area contributed by atoms with Gasteiger partial charge in [0.1, 0.15) is 11.7 Å². The number of nitrogens with one attached hydrogen (secondary N) is 4. The number of ether oxygens (including phenoxy) is 1.